The molecule has 0 atom stereocenters. The van der Waals surface area contributed by atoms with E-state index in [4.69, 9.17) is 4.42 Å². The normalized spacial score (nSPS) is 10.7. The summed E-state index contributed by atoms with van der Waals surface area (Å²) in [6, 6.07) is 2.52. The number of rotatable bonds is 6. The summed E-state index contributed by atoms with van der Waals surface area (Å²) in [7, 11) is 0. The van der Waals surface area contributed by atoms with Gasteiger partial charge in [0.15, 0.2) is 0 Å². The number of aromatic nitrogens is 2. The number of anilines is 1. The van der Waals surface area contributed by atoms with Crippen molar-refractivity contribution in [3.05, 3.63) is 26.7 Å². The smallest absolute Gasteiger partial charge is 0.315 e. The zero-order valence-electron chi connectivity index (χ0n) is 9.36. The van der Waals surface area contributed by atoms with Crippen LogP contribution in [0.25, 0.3) is 0 Å². The Bertz CT molecular complexity index is 470. The highest BCUT2D eigenvalue weighted by Crippen LogP contribution is 2.20. The van der Waals surface area contributed by atoms with E-state index < -0.39 is 0 Å². The lowest BCUT2D eigenvalue weighted by Crippen LogP contribution is -2.11. The highest BCUT2D eigenvalue weighted by Gasteiger charge is 2.05. The fourth-order valence-electron chi connectivity index (χ4n) is 1.24. The molecule has 0 unspecified atom stereocenters. The highest BCUT2D eigenvalue weighted by molar-refractivity contribution is 9.10. The predicted octanol–water partition coefficient (Wildman–Crippen LogP) is 2.62. The zero-order chi connectivity index (χ0) is 12.1. The Hall–Kier alpha value is -0.920. The van der Waals surface area contributed by atoms with Crippen molar-refractivity contribution in [3.63, 3.8) is 0 Å². The van der Waals surface area contributed by atoms with Crippen molar-refractivity contribution < 1.29 is 4.42 Å². The first-order chi connectivity index (χ1) is 8.28. The number of nitrogens with zero attached hydrogens (tertiary/aromatic N) is 2. The molecule has 0 saturated carbocycles. The summed E-state index contributed by atoms with van der Waals surface area (Å²) in [5.74, 6) is 0.599. The summed E-state index contributed by atoms with van der Waals surface area (Å²) in [6.07, 6.45) is 0. The predicted molar refractivity (Wildman–Crippen MR) is 71.0 cm³/mol. The van der Waals surface area contributed by atoms with Crippen molar-refractivity contribution >= 4 is 33.3 Å². The summed E-state index contributed by atoms with van der Waals surface area (Å²) in [6.45, 7) is 4.22. The molecule has 5 nitrogen and oxygen atoms in total. The Morgan fingerprint density at radius 1 is 1.41 bits per heavy atom. The van der Waals surface area contributed by atoms with Crippen molar-refractivity contribution in [2.45, 2.75) is 20.0 Å². The fraction of sp³-hybridized carbons (Fsp3) is 0.400. The van der Waals surface area contributed by atoms with E-state index in [2.05, 4.69) is 42.8 Å². The molecule has 0 bridgehead atoms. The van der Waals surface area contributed by atoms with Crippen LogP contribution in [0.5, 0.6) is 0 Å². The second-order valence-corrected chi connectivity index (χ2v) is 5.28. The maximum Gasteiger partial charge on any atom is 0.315 e. The lowest BCUT2D eigenvalue weighted by molar-refractivity contribution is 0.481. The molecule has 0 aromatic carbocycles. The van der Waals surface area contributed by atoms with Crippen LogP contribution in [-0.2, 0) is 13.1 Å². The maximum atomic E-state index is 5.41. The van der Waals surface area contributed by atoms with Gasteiger partial charge in [-0.25, -0.2) is 0 Å². The molecular formula is C10H13BrN4OS. The number of nitrogens with one attached hydrogen (secondary N) is 2. The maximum absolute atomic E-state index is 5.41. The second kappa shape index (κ2) is 6.13. The van der Waals surface area contributed by atoms with Crippen LogP contribution < -0.4 is 10.6 Å². The first-order valence-electron chi connectivity index (χ1n) is 5.28. The largest absolute Gasteiger partial charge is 0.407 e. The van der Waals surface area contributed by atoms with Crippen LogP contribution in [0.4, 0.5) is 6.01 Å². The molecule has 0 radical (unpaired) electrons. The quantitative estimate of drug-likeness (QED) is 0.857. The molecule has 92 valence electrons. The van der Waals surface area contributed by atoms with Crippen molar-refractivity contribution in [2.75, 3.05) is 11.9 Å². The molecule has 7 heteroatoms. The molecule has 17 heavy (non-hydrogen) atoms. The Balaban J connectivity index is 1.84. The minimum atomic E-state index is 0.461. The Labute approximate surface area is 112 Å². The molecule has 2 aromatic heterocycles. The summed E-state index contributed by atoms with van der Waals surface area (Å²) in [4.78, 5) is 1.21. The third-order valence-corrected chi connectivity index (χ3v) is 3.73. The van der Waals surface area contributed by atoms with Gasteiger partial charge in [0.2, 0.25) is 5.89 Å². The van der Waals surface area contributed by atoms with Gasteiger partial charge in [-0.2, -0.15) is 0 Å². The third-order valence-electron chi connectivity index (χ3n) is 2.03. The van der Waals surface area contributed by atoms with Crippen molar-refractivity contribution in [2.24, 2.45) is 0 Å². The first kappa shape index (κ1) is 12.5. The van der Waals surface area contributed by atoms with Crippen molar-refractivity contribution in [1.82, 2.24) is 15.5 Å². The van der Waals surface area contributed by atoms with Gasteiger partial charge in [0, 0.05) is 14.7 Å². The molecule has 0 fully saturated rings. The van der Waals surface area contributed by atoms with Gasteiger partial charge < -0.3 is 15.1 Å². The van der Waals surface area contributed by atoms with Crippen LogP contribution in [0.1, 0.15) is 17.7 Å². The van der Waals surface area contributed by atoms with Gasteiger partial charge >= 0.3 is 6.01 Å². The second-order valence-electron chi connectivity index (χ2n) is 3.37. The van der Waals surface area contributed by atoms with Crippen LogP contribution >= 0.6 is 27.3 Å². The molecular weight excluding hydrogens is 304 g/mol. The standard InChI is InChI=1S/C10H13BrN4OS/c1-2-12-5-9-14-15-10(16-9)13-4-8-3-7(11)6-17-8/h3,6,12H,2,4-5H2,1H3,(H,13,15). The monoisotopic (exact) mass is 316 g/mol. The summed E-state index contributed by atoms with van der Waals surface area (Å²) in [5.41, 5.74) is 0. The van der Waals surface area contributed by atoms with Gasteiger partial charge in [0.05, 0.1) is 13.1 Å². The van der Waals surface area contributed by atoms with Crippen LogP contribution in [0.3, 0.4) is 0 Å². The molecule has 0 aliphatic heterocycles. The summed E-state index contributed by atoms with van der Waals surface area (Å²) in [5, 5.41) is 16.1. The first-order valence-corrected chi connectivity index (χ1v) is 6.95. The van der Waals surface area contributed by atoms with Gasteiger partial charge in [-0.15, -0.1) is 16.4 Å². The SMILES string of the molecule is CCNCc1nnc(NCc2cc(Br)cs2)o1. The van der Waals surface area contributed by atoms with Gasteiger partial charge in [0.1, 0.15) is 0 Å². The topological polar surface area (TPSA) is 63.0 Å². The van der Waals surface area contributed by atoms with Crippen molar-refractivity contribution in [1.29, 1.82) is 0 Å². The van der Waals surface area contributed by atoms with Gasteiger partial charge in [-0.1, -0.05) is 12.0 Å². The molecule has 2 N–H and O–H groups in total. The van der Waals surface area contributed by atoms with Crippen molar-refractivity contribution in [3.8, 4) is 0 Å². The molecule has 0 aliphatic rings. The molecule has 2 rings (SSSR count). The lowest BCUT2D eigenvalue weighted by Gasteiger charge is -1.97. The number of thiophene rings is 1. The highest BCUT2D eigenvalue weighted by atomic mass is 79.9. The van der Waals surface area contributed by atoms with Gasteiger partial charge in [-0.05, 0) is 28.5 Å². The molecule has 0 amide bonds. The van der Waals surface area contributed by atoms with E-state index >= 15 is 0 Å². The van der Waals surface area contributed by atoms with E-state index in [1.807, 2.05) is 12.3 Å². The van der Waals surface area contributed by atoms with Crippen LogP contribution in [0.15, 0.2) is 20.3 Å². The van der Waals surface area contributed by atoms with E-state index in [1.165, 1.54) is 4.88 Å². The third kappa shape index (κ3) is 3.79. The van der Waals surface area contributed by atoms with E-state index in [0.717, 1.165) is 11.0 Å². The van der Waals surface area contributed by atoms with Crippen LogP contribution in [0, 0.1) is 0 Å². The minimum Gasteiger partial charge on any atom is -0.407 e. The Kier molecular flexibility index (Phi) is 4.52. The van der Waals surface area contributed by atoms with Gasteiger partial charge in [0.25, 0.3) is 0 Å². The van der Waals surface area contributed by atoms with E-state index in [0.29, 0.717) is 25.0 Å². The lowest BCUT2D eigenvalue weighted by atomic mass is 10.5. The summed E-state index contributed by atoms with van der Waals surface area (Å²) < 4.78 is 6.51. The fourth-order valence-corrected chi connectivity index (χ4v) is 2.63. The van der Waals surface area contributed by atoms with Crippen LogP contribution in [0.2, 0.25) is 0 Å². The van der Waals surface area contributed by atoms with Crippen LogP contribution in [-0.4, -0.2) is 16.7 Å². The summed E-state index contributed by atoms with van der Waals surface area (Å²) >= 11 is 5.09. The molecule has 2 aromatic rings. The van der Waals surface area contributed by atoms with Gasteiger partial charge in [-0.3, -0.25) is 0 Å². The zero-order valence-corrected chi connectivity index (χ0v) is 11.8. The van der Waals surface area contributed by atoms with E-state index in [1.54, 1.807) is 11.3 Å². The molecule has 0 saturated heterocycles. The molecule has 2 heterocycles. The number of hydrogen-bond donors (Lipinski definition) is 2. The molecule has 0 spiro atoms. The number of halogens is 1. The van der Waals surface area contributed by atoms with E-state index in [9.17, 15) is 0 Å². The Morgan fingerprint density at radius 2 is 2.29 bits per heavy atom. The minimum absolute atomic E-state index is 0.461. The number of hydrogen-bond acceptors (Lipinski definition) is 6. The average Bonchev–Trinajstić information content (AvgIpc) is 2.93. The average molecular weight is 317 g/mol. The molecule has 0 aliphatic carbocycles. The van der Waals surface area contributed by atoms with E-state index in [-0.39, 0.29) is 0 Å². The Morgan fingerprint density at radius 3 is 3.00 bits per heavy atom.